The molecule has 0 amide bonds. The van der Waals surface area contributed by atoms with Crippen molar-refractivity contribution in [1.29, 1.82) is 0 Å². The van der Waals surface area contributed by atoms with Crippen molar-refractivity contribution >= 4 is 24.8 Å². The van der Waals surface area contributed by atoms with Gasteiger partial charge in [0, 0.05) is 26.2 Å². The summed E-state index contributed by atoms with van der Waals surface area (Å²) in [6.07, 6.45) is 10.0. The number of rotatable bonds is 0. The van der Waals surface area contributed by atoms with Crippen molar-refractivity contribution in [2.45, 2.75) is 6.42 Å². The zero-order valence-electron chi connectivity index (χ0n) is 4.26. The van der Waals surface area contributed by atoms with Crippen molar-refractivity contribution < 1.29 is 26.2 Å². The first-order chi connectivity index (χ1) is 2.50. The molecule has 0 radical (unpaired) electrons. The maximum absolute atomic E-state index is 2.99. The molecule has 0 saturated carbocycles. The van der Waals surface area contributed by atoms with Crippen LogP contribution in [0.2, 0.25) is 0 Å². The third-order valence-electron chi connectivity index (χ3n) is 0.586. The fourth-order valence-corrected chi connectivity index (χ4v) is 0.340. The minimum atomic E-state index is 0. The summed E-state index contributed by atoms with van der Waals surface area (Å²) in [6, 6.07) is 0. The molecule has 0 aromatic heterocycles. The van der Waals surface area contributed by atoms with E-state index >= 15 is 0 Å². The van der Waals surface area contributed by atoms with Gasteiger partial charge in [0.05, 0.1) is 0 Å². The van der Waals surface area contributed by atoms with Crippen LogP contribution in [0.4, 0.5) is 0 Å². The Bertz CT molecular complexity index is 68.5. The van der Waals surface area contributed by atoms with Crippen molar-refractivity contribution in [2.24, 2.45) is 0 Å². The van der Waals surface area contributed by atoms with Gasteiger partial charge in [-0.1, -0.05) is 0 Å². The normalized spacial score (nSPS) is 11.0. The molecule has 0 saturated heterocycles. The van der Waals surface area contributed by atoms with E-state index in [2.05, 4.69) is 12.2 Å². The summed E-state index contributed by atoms with van der Waals surface area (Å²) in [5, 5.41) is 0. The van der Waals surface area contributed by atoms with E-state index in [0.29, 0.717) is 0 Å². The molecule has 0 bridgehead atoms. The summed E-state index contributed by atoms with van der Waals surface area (Å²) in [5.41, 5.74) is 0. The molecule has 0 aromatic carbocycles. The largest absolute Gasteiger partial charge is 0.273 e. The number of hydrogen-bond donors (Lipinski definition) is 0. The van der Waals surface area contributed by atoms with Crippen LogP contribution in [-0.2, 0) is 26.2 Å². The Morgan fingerprint density at radius 2 is 1.88 bits per heavy atom. The molecule has 0 nitrogen and oxygen atoms in total. The van der Waals surface area contributed by atoms with Gasteiger partial charge in [-0.2, -0.15) is 6.08 Å². The van der Waals surface area contributed by atoms with Gasteiger partial charge in [0.25, 0.3) is 0 Å². The third-order valence-corrected chi connectivity index (χ3v) is 0.586. The van der Waals surface area contributed by atoms with Gasteiger partial charge in [0.1, 0.15) is 0 Å². The second-order valence-electron chi connectivity index (χ2n) is 1.00. The second-order valence-corrected chi connectivity index (χ2v) is 1.00. The fraction of sp³-hybridized carbons (Fsp3) is 0.200. The van der Waals surface area contributed by atoms with E-state index < -0.39 is 0 Å². The summed E-state index contributed by atoms with van der Waals surface area (Å²) in [4.78, 5) is 0. The van der Waals surface area contributed by atoms with Gasteiger partial charge in [-0.25, -0.2) is 12.2 Å². The van der Waals surface area contributed by atoms with Crippen LogP contribution in [0.1, 0.15) is 6.42 Å². The summed E-state index contributed by atoms with van der Waals surface area (Å²) >= 11 is 0. The Hall–Kier alpha value is 0.943. The number of allylic oxidation sites excluding steroid dienone is 4. The predicted octanol–water partition coefficient (Wildman–Crippen LogP) is 2.15. The Kier molecular flexibility index (Phi) is 21.6. The molecule has 0 atom stereocenters. The van der Waals surface area contributed by atoms with E-state index in [1.807, 2.05) is 12.2 Å². The molecule has 1 aliphatic rings. The maximum Gasteiger partial charge on any atom is 0 e. The number of halogens is 2. The summed E-state index contributed by atoms with van der Waals surface area (Å²) in [5.74, 6) is 0. The molecular formula is C5H7Cl2Zr-. The number of hydrogen-bond acceptors (Lipinski definition) is 0. The van der Waals surface area contributed by atoms with Crippen LogP contribution in [0.15, 0.2) is 18.2 Å². The predicted molar refractivity (Wildman–Crippen MR) is 36.1 cm³/mol. The van der Waals surface area contributed by atoms with Crippen molar-refractivity contribution in [2.75, 3.05) is 0 Å². The molecule has 0 fully saturated rings. The van der Waals surface area contributed by atoms with Gasteiger partial charge in [0.15, 0.2) is 0 Å². The average molecular weight is 229 g/mol. The second kappa shape index (κ2) is 10.8. The van der Waals surface area contributed by atoms with Gasteiger partial charge in [-0.05, 0) is 0 Å². The van der Waals surface area contributed by atoms with E-state index in [9.17, 15) is 0 Å². The standard InChI is InChI=1S/C5H5.2ClH.Zr/c1-2-4-5-3-1;;;/h1-3H,4H2;2*1H;/q-1;;;. The fourth-order valence-electron chi connectivity index (χ4n) is 0.340. The van der Waals surface area contributed by atoms with Gasteiger partial charge >= 0.3 is 0 Å². The van der Waals surface area contributed by atoms with Crippen LogP contribution in [0.5, 0.6) is 0 Å². The molecule has 0 aliphatic heterocycles. The molecule has 0 aromatic rings. The monoisotopic (exact) mass is 227 g/mol. The van der Waals surface area contributed by atoms with Gasteiger partial charge in [0.2, 0.25) is 0 Å². The quantitative estimate of drug-likeness (QED) is 0.558. The Morgan fingerprint density at radius 3 is 2.00 bits per heavy atom. The van der Waals surface area contributed by atoms with Crippen LogP contribution in [0.25, 0.3) is 0 Å². The molecule has 3 heteroatoms. The zero-order chi connectivity index (χ0) is 3.54. The molecule has 0 heterocycles. The van der Waals surface area contributed by atoms with E-state index in [4.69, 9.17) is 0 Å². The van der Waals surface area contributed by atoms with Crippen LogP contribution in [-0.4, -0.2) is 0 Å². The molecule has 0 spiro atoms. The first-order valence-electron chi connectivity index (χ1n) is 1.72. The van der Waals surface area contributed by atoms with Crippen molar-refractivity contribution in [3.63, 3.8) is 0 Å². The van der Waals surface area contributed by atoms with E-state index in [-0.39, 0.29) is 51.0 Å². The van der Waals surface area contributed by atoms with Crippen molar-refractivity contribution in [1.82, 2.24) is 0 Å². The minimum absolute atomic E-state index is 0. The van der Waals surface area contributed by atoms with Gasteiger partial charge < -0.3 is 0 Å². The summed E-state index contributed by atoms with van der Waals surface area (Å²) in [7, 11) is 0. The SMILES string of the molecule is Cl.Cl.[C-]1=CC=CC1.[Zr]. The first-order valence-corrected chi connectivity index (χ1v) is 1.72. The molecule has 8 heavy (non-hydrogen) atoms. The first kappa shape index (κ1) is 16.0. The summed E-state index contributed by atoms with van der Waals surface area (Å²) < 4.78 is 0. The van der Waals surface area contributed by atoms with Crippen LogP contribution >= 0.6 is 24.8 Å². The topological polar surface area (TPSA) is 0 Å². The van der Waals surface area contributed by atoms with Gasteiger partial charge in [-0.15, -0.1) is 31.2 Å². The Labute approximate surface area is 81.4 Å². The molecule has 46 valence electrons. The van der Waals surface area contributed by atoms with Crippen LogP contribution in [0.3, 0.4) is 0 Å². The van der Waals surface area contributed by atoms with Crippen molar-refractivity contribution in [3.8, 4) is 0 Å². The van der Waals surface area contributed by atoms with E-state index in [0.717, 1.165) is 6.42 Å². The molecule has 1 aliphatic carbocycles. The molecule has 0 unspecified atom stereocenters. The maximum atomic E-state index is 2.99. The third kappa shape index (κ3) is 6.94. The molecule has 1 rings (SSSR count). The zero-order valence-corrected chi connectivity index (χ0v) is 8.35. The summed E-state index contributed by atoms with van der Waals surface area (Å²) in [6.45, 7) is 0. The molecule has 0 N–H and O–H groups in total. The smallest absolute Gasteiger partial charge is 0 e. The minimum Gasteiger partial charge on any atom is -0.273 e. The van der Waals surface area contributed by atoms with Crippen LogP contribution < -0.4 is 0 Å². The van der Waals surface area contributed by atoms with Crippen LogP contribution in [0, 0.1) is 6.08 Å². The Balaban J connectivity index is -0.0000000833. The van der Waals surface area contributed by atoms with Gasteiger partial charge in [-0.3, -0.25) is 6.08 Å². The average Bonchev–Trinajstić information content (AvgIpc) is 1.76. The van der Waals surface area contributed by atoms with Crippen molar-refractivity contribution in [3.05, 3.63) is 24.3 Å². The van der Waals surface area contributed by atoms with E-state index in [1.54, 1.807) is 0 Å². The molecular weight excluding hydrogens is 222 g/mol. The Morgan fingerprint density at radius 1 is 1.25 bits per heavy atom. The van der Waals surface area contributed by atoms with E-state index in [1.165, 1.54) is 0 Å².